The Balaban J connectivity index is 2.39. The van der Waals surface area contributed by atoms with Gasteiger partial charge in [-0.3, -0.25) is 9.59 Å². The average Bonchev–Trinajstić information content (AvgIpc) is 3.12. The molecule has 1 heterocycles. The molecular weight excluding hydrogens is 248 g/mol. The summed E-state index contributed by atoms with van der Waals surface area (Å²) in [5.41, 5.74) is -3.42. The van der Waals surface area contributed by atoms with E-state index in [9.17, 15) is 19.8 Å². The number of hydrogen-bond acceptors (Lipinski definition) is 5. The molecule has 0 bridgehead atoms. The third kappa shape index (κ3) is 1.69. The van der Waals surface area contributed by atoms with E-state index in [-0.39, 0.29) is 5.57 Å². The molecule has 2 N–H and O–H groups in total. The topological polar surface area (TPSA) is 87.1 Å². The number of allylic oxidation sites excluding steroid dienone is 3. The van der Waals surface area contributed by atoms with E-state index in [4.69, 9.17) is 4.74 Å². The highest BCUT2D eigenvalue weighted by Crippen LogP contribution is 2.52. The molecule has 0 aromatic rings. The number of fused-ring (bicyclic) bond motifs is 1. The second kappa shape index (κ2) is 4.15. The van der Waals surface area contributed by atoms with Gasteiger partial charge in [-0.25, -0.2) is 0 Å². The number of carbonyl (C=O) groups excluding carboxylic acids is 2. The van der Waals surface area contributed by atoms with Gasteiger partial charge in [-0.05, 0) is 26.8 Å². The maximum Gasteiger partial charge on any atom is 0.222 e. The molecule has 1 aliphatic heterocycles. The number of carbonyl (C=O) groups is 2. The summed E-state index contributed by atoms with van der Waals surface area (Å²) >= 11 is 0. The molecule has 0 unspecified atom stereocenters. The van der Waals surface area contributed by atoms with E-state index in [1.54, 1.807) is 19.1 Å². The van der Waals surface area contributed by atoms with Crippen molar-refractivity contribution in [2.24, 2.45) is 0 Å². The Morgan fingerprint density at radius 2 is 2.05 bits per heavy atom. The van der Waals surface area contributed by atoms with Gasteiger partial charge in [0.1, 0.15) is 17.5 Å². The number of ketones is 2. The first-order valence-corrected chi connectivity index (χ1v) is 5.99. The SMILES string of the molecule is C/C=C/C=C/C(=O)[C@]12O[C@H]1[C@@](C)(O)C(O)=C(C)C2=O. The van der Waals surface area contributed by atoms with Crippen molar-refractivity contribution in [1.29, 1.82) is 0 Å². The third-order valence-electron chi connectivity index (χ3n) is 3.56. The minimum absolute atomic E-state index is 0.0356. The number of epoxide rings is 1. The number of hydrogen-bond donors (Lipinski definition) is 2. The molecule has 1 aliphatic carbocycles. The molecule has 5 nitrogen and oxygen atoms in total. The van der Waals surface area contributed by atoms with Crippen LogP contribution in [0.4, 0.5) is 0 Å². The minimum atomic E-state index is -1.72. The molecular formula is C14H16O5. The predicted octanol–water partition coefficient (Wildman–Crippen LogP) is 0.991. The molecule has 102 valence electrons. The molecule has 0 aromatic carbocycles. The van der Waals surface area contributed by atoms with Crippen molar-refractivity contribution < 1.29 is 24.5 Å². The molecule has 0 radical (unpaired) electrons. The van der Waals surface area contributed by atoms with Crippen molar-refractivity contribution in [3.63, 3.8) is 0 Å². The van der Waals surface area contributed by atoms with Crippen LogP contribution < -0.4 is 0 Å². The standard InChI is InChI=1S/C14H16O5/c1-4-5-6-7-9(15)14-11(17)8(2)10(16)13(3,18)12(14)19-14/h4-7,12,16,18H,1-3H3/b5-4+,7-6+/t12-,13-,14+/m0/s1. The quantitative estimate of drug-likeness (QED) is 0.343. The number of aliphatic hydroxyl groups excluding tert-OH is 1. The number of aliphatic hydroxyl groups is 2. The van der Waals surface area contributed by atoms with Gasteiger partial charge in [0.2, 0.25) is 11.4 Å². The van der Waals surface area contributed by atoms with Crippen molar-refractivity contribution in [2.45, 2.75) is 38.1 Å². The van der Waals surface area contributed by atoms with E-state index in [1.165, 1.54) is 26.0 Å². The molecule has 1 saturated heterocycles. The van der Waals surface area contributed by atoms with E-state index in [2.05, 4.69) is 0 Å². The van der Waals surface area contributed by atoms with Crippen LogP contribution in [0.5, 0.6) is 0 Å². The largest absolute Gasteiger partial charge is 0.509 e. The monoisotopic (exact) mass is 264 g/mol. The Morgan fingerprint density at radius 3 is 2.63 bits per heavy atom. The summed E-state index contributed by atoms with van der Waals surface area (Å²) in [4.78, 5) is 24.2. The van der Waals surface area contributed by atoms with Gasteiger partial charge >= 0.3 is 0 Å². The number of ether oxygens (including phenoxy) is 1. The second-order valence-corrected chi connectivity index (χ2v) is 4.93. The van der Waals surface area contributed by atoms with Crippen LogP contribution in [0.2, 0.25) is 0 Å². The minimum Gasteiger partial charge on any atom is -0.509 e. The lowest BCUT2D eigenvalue weighted by molar-refractivity contribution is -0.130. The summed E-state index contributed by atoms with van der Waals surface area (Å²) < 4.78 is 5.20. The first-order valence-electron chi connectivity index (χ1n) is 5.99. The summed E-state index contributed by atoms with van der Waals surface area (Å²) in [5, 5.41) is 19.9. The van der Waals surface area contributed by atoms with Gasteiger partial charge in [0, 0.05) is 5.57 Å². The van der Waals surface area contributed by atoms with Gasteiger partial charge in [0.05, 0.1) is 0 Å². The molecule has 5 heteroatoms. The fraction of sp³-hybridized carbons (Fsp3) is 0.429. The Bertz CT molecular complexity index is 538. The lowest BCUT2D eigenvalue weighted by Crippen LogP contribution is -2.50. The van der Waals surface area contributed by atoms with Crippen molar-refractivity contribution in [3.05, 3.63) is 35.6 Å². The molecule has 2 aliphatic rings. The lowest BCUT2D eigenvalue weighted by atomic mass is 9.76. The molecule has 19 heavy (non-hydrogen) atoms. The maximum atomic E-state index is 12.1. The molecule has 2 rings (SSSR count). The van der Waals surface area contributed by atoms with Gasteiger partial charge < -0.3 is 14.9 Å². The van der Waals surface area contributed by atoms with Gasteiger partial charge in [-0.2, -0.15) is 0 Å². The fourth-order valence-electron chi connectivity index (χ4n) is 2.40. The van der Waals surface area contributed by atoms with Crippen LogP contribution in [-0.4, -0.2) is 39.1 Å². The van der Waals surface area contributed by atoms with Crippen molar-refractivity contribution >= 4 is 11.6 Å². The number of Topliss-reactive ketones (excluding diaryl/α,β-unsaturated/α-hetero) is 1. The molecule has 1 fully saturated rings. The Morgan fingerprint density at radius 1 is 1.42 bits per heavy atom. The molecule has 0 amide bonds. The van der Waals surface area contributed by atoms with E-state index >= 15 is 0 Å². The van der Waals surface area contributed by atoms with E-state index < -0.39 is 34.6 Å². The Hall–Kier alpha value is -1.72. The highest BCUT2D eigenvalue weighted by molar-refractivity contribution is 6.24. The molecule has 0 aromatic heterocycles. The van der Waals surface area contributed by atoms with Crippen LogP contribution in [0.25, 0.3) is 0 Å². The molecule has 0 spiro atoms. The van der Waals surface area contributed by atoms with E-state index in [0.29, 0.717) is 0 Å². The summed E-state index contributed by atoms with van der Waals surface area (Å²) in [6, 6.07) is 0. The van der Waals surface area contributed by atoms with Gasteiger partial charge in [0.15, 0.2) is 5.78 Å². The highest BCUT2D eigenvalue weighted by Gasteiger charge is 2.76. The van der Waals surface area contributed by atoms with Gasteiger partial charge in [0.25, 0.3) is 0 Å². The zero-order valence-electron chi connectivity index (χ0n) is 11.0. The summed E-state index contributed by atoms with van der Waals surface area (Å²) in [7, 11) is 0. The van der Waals surface area contributed by atoms with Crippen LogP contribution in [0.1, 0.15) is 20.8 Å². The zero-order chi connectivity index (χ0) is 14.4. The average molecular weight is 264 g/mol. The van der Waals surface area contributed by atoms with Crippen molar-refractivity contribution in [2.75, 3.05) is 0 Å². The highest BCUT2D eigenvalue weighted by atomic mass is 16.6. The first-order chi connectivity index (χ1) is 8.80. The van der Waals surface area contributed by atoms with Crippen LogP contribution in [0, 0.1) is 0 Å². The van der Waals surface area contributed by atoms with E-state index in [1.807, 2.05) is 0 Å². The smallest absolute Gasteiger partial charge is 0.222 e. The predicted molar refractivity (Wildman–Crippen MR) is 67.5 cm³/mol. The fourth-order valence-corrected chi connectivity index (χ4v) is 2.40. The van der Waals surface area contributed by atoms with Gasteiger partial charge in [-0.1, -0.05) is 18.2 Å². The summed E-state index contributed by atoms with van der Waals surface area (Å²) in [6.07, 6.45) is 5.11. The summed E-state index contributed by atoms with van der Waals surface area (Å²) in [5.74, 6) is -1.54. The van der Waals surface area contributed by atoms with E-state index in [0.717, 1.165) is 0 Å². The molecule has 0 saturated carbocycles. The van der Waals surface area contributed by atoms with Crippen LogP contribution in [-0.2, 0) is 14.3 Å². The summed E-state index contributed by atoms with van der Waals surface area (Å²) in [6.45, 7) is 4.49. The Kier molecular flexibility index (Phi) is 2.99. The van der Waals surface area contributed by atoms with Gasteiger partial charge in [-0.15, -0.1) is 0 Å². The number of rotatable bonds is 3. The third-order valence-corrected chi connectivity index (χ3v) is 3.56. The zero-order valence-corrected chi connectivity index (χ0v) is 11.0. The van der Waals surface area contributed by atoms with Crippen LogP contribution in [0.15, 0.2) is 35.6 Å². The first kappa shape index (κ1) is 13.7. The lowest BCUT2D eigenvalue weighted by Gasteiger charge is -2.27. The second-order valence-electron chi connectivity index (χ2n) is 4.93. The van der Waals surface area contributed by atoms with Crippen LogP contribution >= 0.6 is 0 Å². The molecule has 3 atom stereocenters. The normalized spacial score (nSPS) is 38.1. The Labute approximate surface area is 110 Å². The van der Waals surface area contributed by atoms with Crippen LogP contribution in [0.3, 0.4) is 0 Å². The van der Waals surface area contributed by atoms with Crippen molar-refractivity contribution in [1.82, 2.24) is 0 Å². The van der Waals surface area contributed by atoms with Crippen molar-refractivity contribution in [3.8, 4) is 0 Å². The maximum absolute atomic E-state index is 12.1.